The first-order chi connectivity index (χ1) is 15.3. The number of rotatable bonds is 6. The summed E-state index contributed by atoms with van der Waals surface area (Å²) >= 11 is 2.77. The lowest BCUT2D eigenvalue weighted by Crippen LogP contribution is -2.40. The number of thiazole rings is 1. The van der Waals surface area contributed by atoms with Gasteiger partial charge in [0.1, 0.15) is 16.5 Å². The molecule has 1 N–H and O–H groups in total. The van der Waals surface area contributed by atoms with Gasteiger partial charge in [-0.1, -0.05) is 23.9 Å². The van der Waals surface area contributed by atoms with Crippen molar-refractivity contribution >= 4 is 29.0 Å². The van der Waals surface area contributed by atoms with Crippen LogP contribution in [0.1, 0.15) is 36.3 Å². The van der Waals surface area contributed by atoms with Gasteiger partial charge in [0.15, 0.2) is 11.0 Å². The van der Waals surface area contributed by atoms with Gasteiger partial charge in [0.2, 0.25) is 0 Å². The van der Waals surface area contributed by atoms with Crippen molar-refractivity contribution < 1.29 is 9.18 Å². The molecule has 164 valence electrons. The Labute approximate surface area is 193 Å². The van der Waals surface area contributed by atoms with Gasteiger partial charge in [-0.3, -0.25) is 14.3 Å². The normalized spacial score (nSPS) is 11.5. The molecule has 7 nitrogen and oxygen atoms in total. The third-order valence-corrected chi connectivity index (χ3v) is 6.22. The predicted molar refractivity (Wildman–Crippen MR) is 123 cm³/mol. The van der Waals surface area contributed by atoms with Crippen LogP contribution in [0, 0.1) is 5.82 Å². The summed E-state index contributed by atoms with van der Waals surface area (Å²) in [7, 11) is 0. The van der Waals surface area contributed by atoms with Gasteiger partial charge in [-0.05, 0) is 45.0 Å². The Morgan fingerprint density at radius 2 is 2.00 bits per heavy atom. The van der Waals surface area contributed by atoms with E-state index in [1.54, 1.807) is 46.6 Å². The molecule has 0 aliphatic rings. The van der Waals surface area contributed by atoms with Gasteiger partial charge in [0, 0.05) is 28.9 Å². The smallest absolute Gasteiger partial charge is 0.271 e. The molecular weight excluding hydrogens is 447 g/mol. The average Bonchev–Trinajstić information content (AvgIpc) is 3.39. The first-order valence-corrected chi connectivity index (χ1v) is 11.7. The van der Waals surface area contributed by atoms with Crippen molar-refractivity contribution in [2.24, 2.45) is 0 Å². The maximum Gasteiger partial charge on any atom is 0.271 e. The van der Waals surface area contributed by atoms with E-state index in [4.69, 9.17) is 0 Å². The molecule has 4 rings (SSSR count). The van der Waals surface area contributed by atoms with Crippen LogP contribution in [0.15, 0.2) is 59.3 Å². The molecule has 0 unspecified atom stereocenters. The highest BCUT2D eigenvalue weighted by Crippen LogP contribution is 2.31. The third-order valence-electron chi connectivity index (χ3n) is 4.24. The van der Waals surface area contributed by atoms with Gasteiger partial charge >= 0.3 is 0 Å². The highest BCUT2D eigenvalue weighted by molar-refractivity contribution is 7.98. The lowest BCUT2D eigenvalue weighted by molar-refractivity contribution is 0.0915. The Kier molecular flexibility index (Phi) is 6.33. The molecule has 32 heavy (non-hydrogen) atoms. The molecule has 0 spiro atoms. The van der Waals surface area contributed by atoms with Gasteiger partial charge in [0.25, 0.3) is 5.91 Å². The van der Waals surface area contributed by atoms with Crippen molar-refractivity contribution in [2.45, 2.75) is 37.2 Å². The van der Waals surface area contributed by atoms with Crippen molar-refractivity contribution in [3.05, 3.63) is 70.7 Å². The SMILES string of the molecule is CC(C)(C)NC(=O)c1csc(CSc2nnc(-c3cccnc3)n2-c2ccccc2F)n1. The summed E-state index contributed by atoms with van der Waals surface area (Å²) in [6, 6.07) is 10.1. The summed E-state index contributed by atoms with van der Waals surface area (Å²) in [5.74, 6) is 0.371. The summed E-state index contributed by atoms with van der Waals surface area (Å²) in [4.78, 5) is 20.9. The molecule has 4 aromatic rings. The quantitative estimate of drug-likeness (QED) is 0.411. The van der Waals surface area contributed by atoms with Crippen molar-refractivity contribution in [2.75, 3.05) is 0 Å². The van der Waals surface area contributed by atoms with E-state index in [2.05, 4.69) is 25.5 Å². The molecule has 0 bridgehead atoms. The molecule has 10 heteroatoms. The number of benzene rings is 1. The van der Waals surface area contributed by atoms with E-state index in [-0.39, 0.29) is 17.3 Å². The number of amides is 1. The van der Waals surface area contributed by atoms with Crippen molar-refractivity contribution in [3.8, 4) is 17.1 Å². The largest absolute Gasteiger partial charge is 0.346 e. The van der Waals surface area contributed by atoms with Crippen LogP contribution in [0.4, 0.5) is 4.39 Å². The van der Waals surface area contributed by atoms with E-state index in [0.29, 0.717) is 28.1 Å². The van der Waals surface area contributed by atoms with Gasteiger partial charge < -0.3 is 5.32 Å². The molecule has 0 radical (unpaired) electrons. The molecule has 1 amide bonds. The minimum Gasteiger partial charge on any atom is -0.346 e. The lowest BCUT2D eigenvalue weighted by atomic mass is 10.1. The van der Waals surface area contributed by atoms with Crippen LogP contribution >= 0.6 is 23.1 Å². The van der Waals surface area contributed by atoms with Crippen LogP contribution in [0.3, 0.4) is 0 Å². The lowest BCUT2D eigenvalue weighted by Gasteiger charge is -2.19. The molecule has 0 aliphatic carbocycles. The standard InChI is InChI=1S/C22H21FN6OS2/c1-22(2,3)26-20(30)16-12-31-18(25-16)13-32-21-28-27-19(14-7-6-10-24-11-14)29(21)17-9-5-4-8-15(17)23/h4-12H,13H2,1-3H3,(H,26,30). The zero-order valence-electron chi connectivity index (χ0n) is 17.7. The fourth-order valence-electron chi connectivity index (χ4n) is 2.91. The van der Waals surface area contributed by atoms with E-state index < -0.39 is 0 Å². The van der Waals surface area contributed by atoms with Gasteiger partial charge in [0.05, 0.1) is 11.4 Å². The topological polar surface area (TPSA) is 85.6 Å². The molecule has 3 aromatic heterocycles. The molecule has 0 saturated heterocycles. The maximum absolute atomic E-state index is 14.7. The number of hydrogen-bond acceptors (Lipinski definition) is 7. The number of carbonyl (C=O) groups is 1. The predicted octanol–water partition coefficient (Wildman–Crippen LogP) is 4.75. The monoisotopic (exact) mass is 468 g/mol. The number of pyridine rings is 1. The minimum absolute atomic E-state index is 0.210. The van der Waals surface area contributed by atoms with E-state index in [1.165, 1.54) is 29.2 Å². The van der Waals surface area contributed by atoms with E-state index in [1.807, 2.05) is 26.8 Å². The summed E-state index contributed by atoms with van der Waals surface area (Å²) in [6.45, 7) is 5.76. The molecule has 0 saturated carbocycles. The maximum atomic E-state index is 14.7. The van der Waals surface area contributed by atoms with Crippen LogP contribution in [0.25, 0.3) is 17.1 Å². The summed E-state index contributed by atoms with van der Waals surface area (Å²) in [5, 5.41) is 14.5. The summed E-state index contributed by atoms with van der Waals surface area (Å²) < 4.78 is 16.3. The van der Waals surface area contributed by atoms with Gasteiger partial charge in [-0.2, -0.15) is 0 Å². The fourth-order valence-corrected chi connectivity index (χ4v) is 4.65. The van der Waals surface area contributed by atoms with Crippen LogP contribution < -0.4 is 5.32 Å². The fraction of sp³-hybridized carbons (Fsp3) is 0.227. The number of nitrogens with zero attached hydrogens (tertiary/aromatic N) is 5. The third kappa shape index (κ3) is 5.03. The Morgan fingerprint density at radius 3 is 2.72 bits per heavy atom. The molecule has 0 atom stereocenters. The highest BCUT2D eigenvalue weighted by Gasteiger charge is 2.21. The number of aromatic nitrogens is 5. The molecular formula is C22H21FN6OS2. The molecule has 3 heterocycles. The highest BCUT2D eigenvalue weighted by atomic mass is 32.2. The number of hydrogen-bond donors (Lipinski definition) is 1. The summed E-state index contributed by atoms with van der Waals surface area (Å²) in [5.41, 5.74) is 1.12. The van der Waals surface area contributed by atoms with Gasteiger partial charge in [-0.15, -0.1) is 21.5 Å². The number of thioether (sulfide) groups is 1. The first-order valence-electron chi connectivity index (χ1n) is 9.82. The van der Waals surface area contributed by atoms with Crippen molar-refractivity contribution in [1.82, 2.24) is 30.0 Å². The molecule has 1 aromatic carbocycles. The van der Waals surface area contributed by atoms with Crippen molar-refractivity contribution in [3.63, 3.8) is 0 Å². The number of halogens is 1. The Hall–Kier alpha value is -3.11. The van der Waals surface area contributed by atoms with Crippen LogP contribution in [0.5, 0.6) is 0 Å². The van der Waals surface area contributed by atoms with Crippen molar-refractivity contribution in [1.29, 1.82) is 0 Å². The van der Waals surface area contributed by atoms with E-state index in [9.17, 15) is 9.18 Å². The van der Waals surface area contributed by atoms with E-state index >= 15 is 0 Å². The Bertz CT molecular complexity index is 1230. The Morgan fingerprint density at radius 1 is 1.19 bits per heavy atom. The summed E-state index contributed by atoms with van der Waals surface area (Å²) in [6.07, 6.45) is 3.33. The molecule has 0 aliphatic heterocycles. The van der Waals surface area contributed by atoms with E-state index in [0.717, 1.165) is 10.6 Å². The number of carbonyl (C=O) groups excluding carboxylic acids is 1. The second kappa shape index (κ2) is 9.17. The average molecular weight is 469 g/mol. The second-order valence-electron chi connectivity index (χ2n) is 7.95. The van der Waals surface area contributed by atoms with Crippen LogP contribution in [0.2, 0.25) is 0 Å². The minimum atomic E-state index is -0.380. The zero-order chi connectivity index (χ0) is 22.7. The first kappa shape index (κ1) is 22.1. The second-order valence-corrected chi connectivity index (χ2v) is 9.84. The Balaban J connectivity index is 1.61. The van der Waals surface area contributed by atoms with Crippen LogP contribution in [-0.4, -0.2) is 36.2 Å². The number of nitrogens with one attached hydrogen (secondary N) is 1. The van der Waals surface area contributed by atoms with Crippen LogP contribution in [-0.2, 0) is 5.75 Å². The molecule has 0 fully saturated rings. The van der Waals surface area contributed by atoms with Gasteiger partial charge in [-0.25, -0.2) is 9.37 Å². The zero-order valence-corrected chi connectivity index (χ0v) is 19.4. The number of para-hydroxylation sites is 1.